The summed E-state index contributed by atoms with van der Waals surface area (Å²) in [7, 11) is 0. The molecule has 0 heterocycles. The molecule has 94 valence electrons. The van der Waals surface area contributed by atoms with Gasteiger partial charge in [0.2, 0.25) is 0 Å². The molecule has 0 aliphatic rings. The summed E-state index contributed by atoms with van der Waals surface area (Å²) in [6, 6.07) is 3.08. The van der Waals surface area contributed by atoms with Gasteiger partial charge in [0.15, 0.2) is 17.4 Å². The highest BCUT2D eigenvalue weighted by atomic mass is 19.2. The summed E-state index contributed by atoms with van der Waals surface area (Å²) in [5, 5.41) is 0. The molecule has 0 radical (unpaired) electrons. The second-order valence-corrected chi connectivity index (χ2v) is 4.45. The van der Waals surface area contributed by atoms with E-state index in [1.807, 2.05) is 20.8 Å². The number of carbonyl (C=O) groups is 1. The smallest absolute Gasteiger partial charge is 0.188 e. The first-order valence-electron chi connectivity index (χ1n) is 5.48. The lowest BCUT2D eigenvalue weighted by Crippen LogP contribution is -2.26. The van der Waals surface area contributed by atoms with Gasteiger partial charge in [-0.1, -0.05) is 6.92 Å². The molecular formula is C13H16F2O2. The second kappa shape index (κ2) is 5.36. The normalized spacial score (nSPS) is 11.6. The van der Waals surface area contributed by atoms with Crippen molar-refractivity contribution in [3.8, 4) is 0 Å². The van der Waals surface area contributed by atoms with E-state index in [0.717, 1.165) is 18.6 Å². The maximum absolute atomic E-state index is 12.9. The molecule has 2 nitrogen and oxygen atoms in total. The Morgan fingerprint density at radius 1 is 1.29 bits per heavy atom. The number of ketones is 1. The Hall–Kier alpha value is -1.29. The van der Waals surface area contributed by atoms with Crippen molar-refractivity contribution in [3.63, 3.8) is 0 Å². The number of ether oxygens (including phenoxy) is 1. The molecule has 0 saturated carbocycles. The third-order valence-electron chi connectivity index (χ3n) is 2.69. The van der Waals surface area contributed by atoms with Gasteiger partial charge in [-0.25, -0.2) is 8.78 Å². The van der Waals surface area contributed by atoms with Gasteiger partial charge in [0, 0.05) is 5.56 Å². The molecule has 0 unspecified atom stereocenters. The number of rotatable bonds is 5. The lowest BCUT2D eigenvalue weighted by Gasteiger charge is -2.22. The van der Waals surface area contributed by atoms with Crippen LogP contribution in [-0.4, -0.2) is 18.0 Å². The molecule has 4 heteroatoms. The molecule has 1 rings (SSSR count). The Kier molecular flexibility index (Phi) is 4.34. The first-order valence-corrected chi connectivity index (χ1v) is 5.48. The zero-order valence-electron chi connectivity index (χ0n) is 10.2. The van der Waals surface area contributed by atoms with Gasteiger partial charge < -0.3 is 4.74 Å². The first-order chi connectivity index (χ1) is 7.85. The summed E-state index contributed by atoms with van der Waals surface area (Å²) in [4.78, 5) is 11.7. The fourth-order valence-electron chi connectivity index (χ4n) is 1.12. The predicted octanol–water partition coefficient (Wildman–Crippen LogP) is 3.35. The fourth-order valence-corrected chi connectivity index (χ4v) is 1.12. The van der Waals surface area contributed by atoms with E-state index >= 15 is 0 Å². The van der Waals surface area contributed by atoms with Gasteiger partial charge >= 0.3 is 0 Å². The first kappa shape index (κ1) is 13.8. The van der Waals surface area contributed by atoms with Crippen LogP contribution in [0.15, 0.2) is 18.2 Å². The number of hydrogen-bond donors (Lipinski definition) is 0. The van der Waals surface area contributed by atoms with Crippen molar-refractivity contribution in [2.24, 2.45) is 0 Å². The Morgan fingerprint density at radius 3 is 2.47 bits per heavy atom. The van der Waals surface area contributed by atoms with Crippen molar-refractivity contribution in [2.45, 2.75) is 32.8 Å². The standard InChI is InChI=1S/C13H16F2O2/c1-4-13(2,3)17-8-12(16)9-5-6-10(14)11(15)7-9/h5-7H,4,8H2,1-3H3. The number of carbonyl (C=O) groups excluding carboxylic acids is 1. The molecule has 0 aliphatic heterocycles. The zero-order valence-corrected chi connectivity index (χ0v) is 10.2. The summed E-state index contributed by atoms with van der Waals surface area (Å²) in [5.74, 6) is -2.34. The Morgan fingerprint density at radius 2 is 1.94 bits per heavy atom. The van der Waals surface area contributed by atoms with E-state index in [2.05, 4.69) is 0 Å². The molecule has 0 aromatic heterocycles. The summed E-state index contributed by atoms with van der Waals surface area (Å²) in [5.41, 5.74) is -0.273. The van der Waals surface area contributed by atoms with Crippen molar-refractivity contribution in [3.05, 3.63) is 35.4 Å². The minimum absolute atomic E-state index is 0.121. The van der Waals surface area contributed by atoms with Crippen LogP contribution in [0.25, 0.3) is 0 Å². The van der Waals surface area contributed by atoms with E-state index in [9.17, 15) is 13.6 Å². The zero-order chi connectivity index (χ0) is 13.1. The minimum atomic E-state index is -1.02. The van der Waals surface area contributed by atoms with Gasteiger partial charge in [0.25, 0.3) is 0 Å². The second-order valence-electron chi connectivity index (χ2n) is 4.45. The molecule has 0 N–H and O–H groups in total. The topological polar surface area (TPSA) is 26.3 Å². The highest BCUT2D eigenvalue weighted by molar-refractivity contribution is 5.97. The molecule has 0 spiro atoms. The van der Waals surface area contributed by atoms with Crippen molar-refractivity contribution in [1.29, 1.82) is 0 Å². The molecule has 0 atom stereocenters. The molecule has 17 heavy (non-hydrogen) atoms. The maximum Gasteiger partial charge on any atom is 0.188 e. The van der Waals surface area contributed by atoms with Crippen LogP contribution in [0.5, 0.6) is 0 Å². The largest absolute Gasteiger partial charge is 0.367 e. The molecule has 0 amide bonds. The summed E-state index contributed by atoms with van der Waals surface area (Å²) in [6.45, 7) is 5.55. The van der Waals surface area contributed by atoms with Gasteiger partial charge in [-0.05, 0) is 38.5 Å². The lowest BCUT2D eigenvalue weighted by molar-refractivity contribution is -0.0122. The van der Waals surface area contributed by atoms with Crippen molar-refractivity contribution < 1.29 is 18.3 Å². The Labute approximate surface area is 99.6 Å². The van der Waals surface area contributed by atoms with Crippen LogP contribution in [0, 0.1) is 11.6 Å². The minimum Gasteiger partial charge on any atom is -0.367 e. The van der Waals surface area contributed by atoms with Gasteiger partial charge in [0.1, 0.15) is 6.61 Å². The molecular weight excluding hydrogens is 226 g/mol. The molecule has 0 aliphatic carbocycles. The third kappa shape index (κ3) is 3.89. The Bertz CT molecular complexity index is 414. The number of Topliss-reactive ketones (excluding diaryl/α,β-unsaturated/α-hetero) is 1. The fraction of sp³-hybridized carbons (Fsp3) is 0.462. The van der Waals surface area contributed by atoms with Crippen LogP contribution in [0.1, 0.15) is 37.6 Å². The summed E-state index contributed by atoms with van der Waals surface area (Å²) < 4.78 is 31.0. The quantitative estimate of drug-likeness (QED) is 0.740. The summed E-state index contributed by atoms with van der Waals surface area (Å²) in [6.07, 6.45) is 0.762. The van der Waals surface area contributed by atoms with Gasteiger partial charge in [-0.3, -0.25) is 4.79 Å². The van der Waals surface area contributed by atoms with Crippen LogP contribution in [0.3, 0.4) is 0 Å². The lowest BCUT2D eigenvalue weighted by atomic mass is 10.1. The SMILES string of the molecule is CCC(C)(C)OCC(=O)c1ccc(F)c(F)c1. The van der Waals surface area contributed by atoms with Crippen molar-refractivity contribution in [1.82, 2.24) is 0 Å². The van der Waals surface area contributed by atoms with Crippen LogP contribution in [0.2, 0.25) is 0 Å². The average molecular weight is 242 g/mol. The van der Waals surface area contributed by atoms with E-state index < -0.39 is 17.2 Å². The Balaban J connectivity index is 2.68. The molecule has 0 fully saturated rings. The maximum atomic E-state index is 12.9. The van der Waals surface area contributed by atoms with Gasteiger partial charge in [-0.2, -0.15) is 0 Å². The van der Waals surface area contributed by atoms with E-state index in [4.69, 9.17) is 4.74 Å². The third-order valence-corrected chi connectivity index (χ3v) is 2.69. The number of benzene rings is 1. The van der Waals surface area contributed by atoms with E-state index in [0.29, 0.717) is 0 Å². The predicted molar refractivity (Wildman–Crippen MR) is 61.0 cm³/mol. The van der Waals surface area contributed by atoms with Crippen LogP contribution in [0.4, 0.5) is 8.78 Å². The van der Waals surface area contributed by atoms with E-state index in [1.165, 1.54) is 6.07 Å². The highest BCUT2D eigenvalue weighted by Gasteiger charge is 2.18. The van der Waals surface area contributed by atoms with E-state index in [-0.39, 0.29) is 18.0 Å². The number of halogens is 2. The molecule has 0 bridgehead atoms. The highest BCUT2D eigenvalue weighted by Crippen LogP contribution is 2.15. The average Bonchev–Trinajstić information content (AvgIpc) is 2.30. The van der Waals surface area contributed by atoms with Gasteiger partial charge in [0.05, 0.1) is 5.60 Å². The summed E-state index contributed by atoms with van der Waals surface area (Å²) >= 11 is 0. The monoisotopic (exact) mass is 242 g/mol. The molecule has 0 saturated heterocycles. The van der Waals surface area contributed by atoms with Crippen LogP contribution in [-0.2, 0) is 4.74 Å². The van der Waals surface area contributed by atoms with Crippen molar-refractivity contribution in [2.75, 3.05) is 6.61 Å². The molecule has 1 aromatic rings. The van der Waals surface area contributed by atoms with E-state index in [1.54, 1.807) is 0 Å². The van der Waals surface area contributed by atoms with Gasteiger partial charge in [-0.15, -0.1) is 0 Å². The number of hydrogen-bond acceptors (Lipinski definition) is 2. The molecule has 1 aromatic carbocycles. The van der Waals surface area contributed by atoms with Crippen LogP contribution < -0.4 is 0 Å². The van der Waals surface area contributed by atoms with Crippen molar-refractivity contribution >= 4 is 5.78 Å². The van der Waals surface area contributed by atoms with Crippen LogP contribution >= 0.6 is 0 Å².